The number of benzene rings is 4. The Hall–Kier alpha value is -4.16. The molecule has 0 unspecified atom stereocenters. The van der Waals surface area contributed by atoms with Crippen LogP contribution in [0, 0.1) is 0 Å². The molecule has 0 saturated heterocycles. The lowest BCUT2D eigenvalue weighted by atomic mass is 10.1. The highest BCUT2D eigenvalue weighted by atomic mass is 79.9. The summed E-state index contributed by atoms with van der Waals surface area (Å²) < 4.78 is 14.9. The number of imidazole rings is 1. The first-order chi connectivity index (χ1) is 17.7. The number of nitrogens with zero attached hydrogens (tertiary/aromatic N) is 2. The lowest BCUT2D eigenvalue weighted by molar-refractivity contribution is 0.0693. The van der Waals surface area contributed by atoms with Crippen LogP contribution in [0.15, 0.2) is 114 Å². The number of carbonyl (C=O) groups is 1. The Morgan fingerprint density at radius 2 is 1.44 bits per heavy atom. The number of hydrogen-bond acceptors (Lipinski definition) is 4. The van der Waals surface area contributed by atoms with Gasteiger partial charge in [-0.1, -0.05) is 76.6 Å². The van der Waals surface area contributed by atoms with Crippen molar-refractivity contribution in [3.05, 3.63) is 131 Å². The highest BCUT2D eigenvalue weighted by Gasteiger charge is 2.15. The van der Waals surface area contributed by atoms with Gasteiger partial charge in [0.15, 0.2) is 0 Å². The number of para-hydroxylation sites is 2. The van der Waals surface area contributed by atoms with Gasteiger partial charge < -0.3 is 14.0 Å². The second kappa shape index (κ2) is 11.1. The molecule has 0 aliphatic heterocycles. The zero-order chi connectivity index (χ0) is 24.7. The second-order valence-corrected chi connectivity index (χ2v) is 8.96. The maximum Gasteiger partial charge on any atom is 0.343 e. The molecule has 5 aromatic rings. The predicted octanol–water partition coefficient (Wildman–Crippen LogP) is 7.23. The van der Waals surface area contributed by atoms with E-state index in [1.165, 1.54) is 0 Å². The van der Waals surface area contributed by atoms with Gasteiger partial charge in [0.1, 0.15) is 23.9 Å². The number of carbonyl (C=O) groups excluding carboxylic acids is 1. The maximum atomic E-state index is 12.9. The van der Waals surface area contributed by atoms with Crippen molar-refractivity contribution in [2.45, 2.75) is 6.54 Å². The zero-order valence-corrected chi connectivity index (χ0v) is 21.0. The average molecular weight is 539 g/mol. The van der Waals surface area contributed by atoms with Gasteiger partial charge in [0.2, 0.25) is 0 Å². The molecule has 4 aromatic carbocycles. The van der Waals surface area contributed by atoms with Crippen LogP contribution in [-0.2, 0) is 11.3 Å². The standard InChI is InChI=1S/C30H23BrN2O3/c31-24-15-17-25(18-16-24)35-20-19-33-27-14-8-7-13-26(27)32-29(33)21-28(22-9-3-1-4-10-22)36-30(34)23-11-5-2-6-12-23/h1-18,21H,19-20H2/b28-21-. The van der Waals surface area contributed by atoms with E-state index in [4.69, 9.17) is 14.5 Å². The Bertz CT molecular complexity index is 1490. The highest BCUT2D eigenvalue weighted by Crippen LogP contribution is 2.24. The molecule has 5 nitrogen and oxygen atoms in total. The highest BCUT2D eigenvalue weighted by molar-refractivity contribution is 9.10. The molecule has 178 valence electrons. The van der Waals surface area contributed by atoms with E-state index in [1.54, 1.807) is 12.1 Å². The number of hydrogen-bond donors (Lipinski definition) is 0. The SMILES string of the molecule is O=C(O/C(=C\c1nc2ccccc2n1CCOc1ccc(Br)cc1)c1ccccc1)c1ccccc1. The van der Waals surface area contributed by atoms with E-state index in [2.05, 4.69) is 20.5 Å². The lowest BCUT2D eigenvalue weighted by Gasteiger charge is -2.12. The summed E-state index contributed by atoms with van der Waals surface area (Å²) in [6.45, 7) is 1.02. The molecule has 0 spiro atoms. The molecule has 0 fully saturated rings. The van der Waals surface area contributed by atoms with Crippen molar-refractivity contribution in [3.8, 4) is 5.75 Å². The summed E-state index contributed by atoms with van der Waals surface area (Å²) in [5.41, 5.74) is 3.10. The van der Waals surface area contributed by atoms with Gasteiger partial charge >= 0.3 is 5.97 Å². The first-order valence-corrected chi connectivity index (χ1v) is 12.3. The van der Waals surface area contributed by atoms with Crippen molar-refractivity contribution in [2.75, 3.05) is 6.61 Å². The minimum absolute atomic E-state index is 0.424. The van der Waals surface area contributed by atoms with Crippen molar-refractivity contribution in [1.29, 1.82) is 0 Å². The third-order valence-electron chi connectivity index (χ3n) is 5.61. The summed E-state index contributed by atoms with van der Waals surface area (Å²) in [4.78, 5) is 17.7. The number of halogens is 1. The Morgan fingerprint density at radius 1 is 0.806 bits per heavy atom. The molecule has 0 N–H and O–H groups in total. The summed E-state index contributed by atoms with van der Waals surface area (Å²) in [6, 6.07) is 34.2. The van der Waals surface area contributed by atoms with E-state index < -0.39 is 5.97 Å². The Balaban J connectivity index is 1.48. The Kier molecular flexibility index (Phi) is 7.24. The predicted molar refractivity (Wildman–Crippen MR) is 146 cm³/mol. The van der Waals surface area contributed by atoms with E-state index in [0.29, 0.717) is 30.3 Å². The van der Waals surface area contributed by atoms with E-state index in [9.17, 15) is 4.79 Å². The fraction of sp³-hybridized carbons (Fsp3) is 0.0667. The van der Waals surface area contributed by atoms with Gasteiger partial charge in [-0.2, -0.15) is 0 Å². The second-order valence-electron chi connectivity index (χ2n) is 8.04. The third-order valence-corrected chi connectivity index (χ3v) is 6.14. The molecule has 0 atom stereocenters. The molecule has 1 aromatic heterocycles. The average Bonchev–Trinajstić information content (AvgIpc) is 3.27. The van der Waals surface area contributed by atoms with Gasteiger partial charge in [0, 0.05) is 16.1 Å². The molecular formula is C30H23BrN2O3. The Morgan fingerprint density at radius 3 is 2.17 bits per heavy atom. The van der Waals surface area contributed by atoms with Crippen molar-refractivity contribution in [1.82, 2.24) is 9.55 Å². The van der Waals surface area contributed by atoms with Gasteiger partial charge in [-0.15, -0.1) is 0 Å². The van der Waals surface area contributed by atoms with Crippen LogP contribution in [0.2, 0.25) is 0 Å². The van der Waals surface area contributed by atoms with Crippen molar-refractivity contribution < 1.29 is 14.3 Å². The molecular weight excluding hydrogens is 516 g/mol. The molecule has 0 aliphatic carbocycles. The molecule has 0 bridgehead atoms. The van der Waals surface area contributed by atoms with Gasteiger partial charge in [-0.3, -0.25) is 0 Å². The number of aromatic nitrogens is 2. The summed E-state index contributed by atoms with van der Waals surface area (Å²) in [7, 11) is 0. The van der Waals surface area contributed by atoms with Crippen LogP contribution < -0.4 is 4.74 Å². The molecule has 5 rings (SSSR count). The summed E-state index contributed by atoms with van der Waals surface area (Å²) in [5.74, 6) is 1.47. The van der Waals surface area contributed by atoms with Gasteiger partial charge in [0.05, 0.1) is 23.1 Å². The first-order valence-electron chi connectivity index (χ1n) is 11.6. The fourth-order valence-electron chi connectivity index (χ4n) is 3.85. The van der Waals surface area contributed by atoms with Crippen molar-refractivity contribution in [3.63, 3.8) is 0 Å². The van der Waals surface area contributed by atoms with Gasteiger partial charge in [0.25, 0.3) is 0 Å². The largest absolute Gasteiger partial charge is 0.492 e. The third kappa shape index (κ3) is 5.56. The van der Waals surface area contributed by atoms with Crippen LogP contribution in [0.5, 0.6) is 5.75 Å². The molecule has 1 heterocycles. The van der Waals surface area contributed by atoms with Crippen molar-refractivity contribution >= 4 is 44.8 Å². The van der Waals surface area contributed by atoms with E-state index >= 15 is 0 Å². The van der Waals surface area contributed by atoms with Crippen LogP contribution in [0.3, 0.4) is 0 Å². The number of rotatable bonds is 8. The smallest absolute Gasteiger partial charge is 0.343 e. The molecule has 0 amide bonds. The monoisotopic (exact) mass is 538 g/mol. The Labute approximate surface area is 217 Å². The zero-order valence-electron chi connectivity index (χ0n) is 19.4. The first kappa shape index (κ1) is 23.6. The summed E-state index contributed by atoms with van der Waals surface area (Å²) in [6.07, 6.45) is 1.82. The number of fused-ring (bicyclic) bond motifs is 1. The molecule has 0 radical (unpaired) electrons. The normalized spacial score (nSPS) is 11.4. The quantitative estimate of drug-likeness (QED) is 0.154. The number of esters is 1. The maximum absolute atomic E-state index is 12.9. The molecule has 0 saturated carbocycles. The minimum atomic E-state index is -0.424. The molecule has 0 aliphatic rings. The topological polar surface area (TPSA) is 53.3 Å². The summed E-state index contributed by atoms with van der Waals surface area (Å²) >= 11 is 3.45. The van der Waals surface area contributed by atoms with Gasteiger partial charge in [-0.25, -0.2) is 9.78 Å². The van der Waals surface area contributed by atoms with Crippen LogP contribution in [0.4, 0.5) is 0 Å². The van der Waals surface area contributed by atoms with E-state index in [-0.39, 0.29) is 0 Å². The minimum Gasteiger partial charge on any atom is -0.492 e. The molecule has 6 heteroatoms. The van der Waals surface area contributed by atoms with Crippen molar-refractivity contribution in [2.24, 2.45) is 0 Å². The van der Waals surface area contributed by atoms with Crippen LogP contribution in [0.1, 0.15) is 21.7 Å². The number of ether oxygens (including phenoxy) is 2. The van der Waals surface area contributed by atoms with Gasteiger partial charge in [-0.05, 0) is 48.5 Å². The van der Waals surface area contributed by atoms with E-state index in [0.717, 1.165) is 26.8 Å². The lowest BCUT2D eigenvalue weighted by Crippen LogP contribution is -2.10. The van der Waals surface area contributed by atoms with Crippen LogP contribution in [0.25, 0.3) is 22.9 Å². The fourth-order valence-corrected chi connectivity index (χ4v) is 4.11. The van der Waals surface area contributed by atoms with Crippen LogP contribution in [-0.4, -0.2) is 22.1 Å². The van der Waals surface area contributed by atoms with E-state index in [1.807, 2.05) is 103 Å². The molecule has 36 heavy (non-hydrogen) atoms. The summed E-state index contributed by atoms with van der Waals surface area (Å²) in [5, 5.41) is 0. The van der Waals surface area contributed by atoms with Crippen LogP contribution >= 0.6 is 15.9 Å².